The summed E-state index contributed by atoms with van der Waals surface area (Å²) in [7, 11) is 0. The number of nitrogens with zero attached hydrogens (tertiary/aromatic N) is 4. The van der Waals surface area contributed by atoms with Crippen LogP contribution < -0.4 is 5.73 Å². The molecule has 2 aromatic carbocycles. The van der Waals surface area contributed by atoms with Gasteiger partial charge in [-0.15, -0.1) is 0 Å². The van der Waals surface area contributed by atoms with Crippen LogP contribution in [0.15, 0.2) is 54.6 Å². The van der Waals surface area contributed by atoms with Crippen LogP contribution in [0.4, 0.5) is 4.39 Å². The molecule has 1 atom stereocenters. The molecule has 7 heteroatoms. The number of likely N-dealkylation sites (tertiary alicyclic amines) is 1. The van der Waals surface area contributed by atoms with Crippen molar-refractivity contribution in [3.05, 3.63) is 71.7 Å². The Labute approximate surface area is 161 Å². The molecule has 2 heterocycles. The van der Waals surface area contributed by atoms with E-state index in [1.54, 1.807) is 52.0 Å². The molecule has 1 aliphatic heterocycles. The molecular formula is C21H18FN5O. The number of amides is 1. The molecule has 1 aromatic heterocycles. The minimum absolute atomic E-state index is 0.0128. The Balaban J connectivity index is 1.78. The number of nitrogens with two attached hydrogens (primary N) is 1. The molecule has 6 nitrogen and oxygen atoms in total. The van der Waals surface area contributed by atoms with Crippen LogP contribution in [-0.2, 0) is 0 Å². The highest BCUT2D eigenvalue weighted by Crippen LogP contribution is 2.26. The SMILES string of the molecule is N#Cc1ccc(-n2nc(C(=O)N3CC[C@H](N)C3)cc2-c2ccc(F)cc2)cc1. The lowest BCUT2D eigenvalue weighted by molar-refractivity contribution is 0.0784. The molecule has 1 amide bonds. The molecule has 1 saturated heterocycles. The zero-order valence-corrected chi connectivity index (χ0v) is 15.0. The van der Waals surface area contributed by atoms with E-state index < -0.39 is 0 Å². The van der Waals surface area contributed by atoms with Gasteiger partial charge in [0.15, 0.2) is 5.69 Å². The van der Waals surface area contributed by atoms with E-state index in [0.29, 0.717) is 35.7 Å². The molecule has 1 aliphatic rings. The van der Waals surface area contributed by atoms with Gasteiger partial charge in [0.25, 0.3) is 5.91 Å². The van der Waals surface area contributed by atoms with Crippen LogP contribution in [0.1, 0.15) is 22.5 Å². The first kappa shape index (κ1) is 17.9. The van der Waals surface area contributed by atoms with Gasteiger partial charge in [-0.1, -0.05) is 0 Å². The van der Waals surface area contributed by atoms with Gasteiger partial charge >= 0.3 is 0 Å². The van der Waals surface area contributed by atoms with Crippen LogP contribution in [0.5, 0.6) is 0 Å². The highest BCUT2D eigenvalue weighted by atomic mass is 19.1. The predicted octanol–water partition coefficient (Wildman–Crippen LogP) is 2.72. The lowest BCUT2D eigenvalue weighted by Crippen LogP contribution is -2.32. The van der Waals surface area contributed by atoms with Crippen molar-refractivity contribution in [3.8, 4) is 23.0 Å². The van der Waals surface area contributed by atoms with Crippen LogP contribution in [0, 0.1) is 17.1 Å². The highest BCUT2D eigenvalue weighted by Gasteiger charge is 2.27. The first-order valence-electron chi connectivity index (χ1n) is 8.96. The van der Waals surface area contributed by atoms with Gasteiger partial charge in [0.1, 0.15) is 5.82 Å². The third kappa shape index (κ3) is 3.38. The Kier molecular flexibility index (Phi) is 4.63. The fourth-order valence-electron chi connectivity index (χ4n) is 3.32. The summed E-state index contributed by atoms with van der Waals surface area (Å²) in [5.74, 6) is -0.515. The number of rotatable bonds is 3. The van der Waals surface area contributed by atoms with Gasteiger partial charge in [-0.2, -0.15) is 10.4 Å². The van der Waals surface area contributed by atoms with Gasteiger partial charge < -0.3 is 10.6 Å². The third-order valence-corrected chi connectivity index (χ3v) is 4.82. The number of benzene rings is 2. The van der Waals surface area contributed by atoms with Gasteiger partial charge in [-0.05, 0) is 61.0 Å². The number of nitriles is 1. The van der Waals surface area contributed by atoms with Crippen molar-refractivity contribution in [3.63, 3.8) is 0 Å². The standard InChI is InChI=1S/C21H18FN5O/c22-16-5-3-15(4-6-16)20-11-19(21(28)26-10-9-17(24)13-26)25-27(20)18-7-1-14(12-23)2-8-18/h1-8,11,17H,9-10,13,24H2/t17-/m0/s1. The molecule has 0 unspecified atom stereocenters. The molecule has 28 heavy (non-hydrogen) atoms. The largest absolute Gasteiger partial charge is 0.336 e. The Bertz CT molecular complexity index is 1050. The number of hydrogen-bond acceptors (Lipinski definition) is 4. The number of halogens is 1. The van der Waals surface area contributed by atoms with E-state index in [9.17, 15) is 9.18 Å². The molecule has 2 N–H and O–H groups in total. The second-order valence-corrected chi connectivity index (χ2v) is 6.79. The summed E-state index contributed by atoms with van der Waals surface area (Å²) >= 11 is 0. The first-order valence-corrected chi connectivity index (χ1v) is 8.96. The predicted molar refractivity (Wildman–Crippen MR) is 102 cm³/mol. The fourth-order valence-corrected chi connectivity index (χ4v) is 3.32. The second-order valence-electron chi connectivity index (χ2n) is 6.79. The van der Waals surface area contributed by atoms with Crippen molar-refractivity contribution in [2.45, 2.75) is 12.5 Å². The minimum atomic E-state index is -0.337. The number of hydrogen-bond donors (Lipinski definition) is 1. The van der Waals surface area contributed by atoms with E-state index in [1.165, 1.54) is 12.1 Å². The molecule has 0 saturated carbocycles. The molecule has 3 aromatic rings. The van der Waals surface area contributed by atoms with E-state index in [1.807, 2.05) is 0 Å². The van der Waals surface area contributed by atoms with Crippen molar-refractivity contribution in [1.29, 1.82) is 5.26 Å². The average molecular weight is 375 g/mol. The number of carbonyl (C=O) groups is 1. The Morgan fingerprint density at radius 2 is 1.89 bits per heavy atom. The normalized spacial score (nSPS) is 16.2. The number of carbonyl (C=O) groups excluding carboxylic acids is 1. The summed E-state index contributed by atoms with van der Waals surface area (Å²) in [4.78, 5) is 14.6. The molecule has 0 bridgehead atoms. The molecular weight excluding hydrogens is 357 g/mol. The fraction of sp³-hybridized carbons (Fsp3) is 0.190. The van der Waals surface area contributed by atoms with Gasteiger partial charge in [0, 0.05) is 24.7 Å². The summed E-state index contributed by atoms with van der Waals surface area (Å²) in [6.07, 6.45) is 0.771. The maximum atomic E-state index is 13.4. The molecule has 0 radical (unpaired) electrons. The maximum absolute atomic E-state index is 13.4. The van der Waals surface area contributed by atoms with Crippen LogP contribution in [0.2, 0.25) is 0 Å². The summed E-state index contributed by atoms with van der Waals surface area (Å²) in [5, 5.41) is 13.5. The Morgan fingerprint density at radius 1 is 1.18 bits per heavy atom. The minimum Gasteiger partial charge on any atom is -0.336 e. The Hall–Kier alpha value is -3.50. The van der Waals surface area contributed by atoms with Crippen LogP contribution >= 0.6 is 0 Å². The van der Waals surface area contributed by atoms with Crippen molar-refractivity contribution in [2.75, 3.05) is 13.1 Å². The van der Waals surface area contributed by atoms with Crippen LogP contribution in [-0.4, -0.2) is 39.7 Å². The molecule has 0 spiro atoms. The molecule has 0 aliphatic carbocycles. The quantitative estimate of drug-likeness (QED) is 0.762. The zero-order valence-electron chi connectivity index (χ0n) is 15.0. The van der Waals surface area contributed by atoms with Crippen LogP contribution in [0.25, 0.3) is 16.9 Å². The van der Waals surface area contributed by atoms with Crippen molar-refractivity contribution < 1.29 is 9.18 Å². The van der Waals surface area contributed by atoms with Gasteiger partial charge in [0.2, 0.25) is 0 Å². The monoisotopic (exact) mass is 375 g/mol. The summed E-state index contributed by atoms with van der Waals surface area (Å²) in [6.45, 7) is 1.12. The average Bonchev–Trinajstić information content (AvgIpc) is 3.35. The lowest BCUT2D eigenvalue weighted by Gasteiger charge is -2.13. The molecule has 4 rings (SSSR count). The lowest BCUT2D eigenvalue weighted by atomic mass is 10.1. The van der Waals surface area contributed by atoms with E-state index in [0.717, 1.165) is 12.0 Å². The third-order valence-electron chi connectivity index (χ3n) is 4.82. The topological polar surface area (TPSA) is 87.9 Å². The Morgan fingerprint density at radius 3 is 2.50 bits per heavy atom. The van der Waals surface area contributed by atoms with E-state index in [4.69, 9.17) is 11.0 Å². The van der Waals surface area contributed by atoms with E-state index >= 15 is 0 Å². The smallest absolute Gasteiger partial charge is 0.274 e. The number of aromatic nitrogens is 2. The van der Waals surface area contributed by atoms with Gasteiger partial charge in [-0.3, -0.25) is 4.79 Å². The first-order chi connectivity index (χ1) is 13.5. The van der Waals surface area contributed by atoms with E-state index in [2.05, 4.69) is 11.2 Å². The summed E-state index contributed by atoms with van der Waals surface area (Å²) in [6, 6.07) is 16.7. The summed E-state index contributed by atoms with van der Waals surface area (Å²) in [5.41, 5.74) is 8.85. The molecule has 140 valence electrons. The van der Waals surface area contributed by atoms with Crippen molar-refractivity contribution >= 4 is 5.91 Å². The zero-order chi connectivity index (χ0) is 19.7. The van der Waals surface area contributed by atoms with E-state index in [-0.39, 0.29) is 17.8 Å². The van der Waals surface area contributed by atoms with Crippen molar-refractivity contribution in [1.82, 2.24) is 14.7 Å². The second kappa shape index (κ2) is 7.25. The maximum Gasteiger partial charge on any atom is 0.274 e. The highest BCUT2D eigenvalue weighted by molar-refractivity contribution is 5.94. The van der Waals surface area contributed by atoms with Crippen LogP contribution in [0.3, 0.4) is 0 Å². The molecule has 1 fully saturated rings. The van der Waals surface area contributed by atoms with Crippen molar-refractivity contribution in [2.24, 2.45) is 5.73 Å². The van der Waals surface area contributed by atoms with Gasteiger partial charge in [0.05, 0.1) is 23.0 Å². The van der Waals surface area contributed by atoms with Gasteiger partial charge in [-0.25, -0.2) is 9.07 Å². The summed E-state index contributed by atoms with van der Waals surface area (Å²) < 4.78 is 15.0.